The molecule has 0 amide bonds. The van der Waals surface area contributed by atoms with Crippen molar-refractivity contribution in [3.63, 3.8) is 0 Å². The quantitative estimate of drug-likeness (QED) is 0.887. The lowest BCUT2D eigenvalue weighted by atomic mass is 9.77. The van der Waals surface area contributed by atoms with Crippen LogP contribution < -0.4 is 11.1 Å². The molecule has 0 saturated heterocycles. The van der Waals surface area contributed by atoms with Crippen molar-refractivity contribution in [2.24, 2.45) is 11.7 Å². The van der Waals surface area contributed by atoms with Crippen molar-refractivity contribution in [2.75, 3.05) is 11.9 Å². The molecule has 0 spiro atoms. The second-order valence-electron chi connectivity index (χ2n) is 5.42. The Bertz CT molecular complexity index is 414. The monoisotopic (exact) mass is 314 g/mol. The third-order valence-corrected chi connectivity index (χ3v) is 4.56. The number of nitrogens with two attached hydrogens (primary N) is 1. The zero-order valence-electron chi connectivity index (χ0n) is 10.7. The summed E-state index contributed by atoms with van der Waals surface area (Å²) in [5.41, 5.74) is 6.86. The van der Waals surface area contributed by atoms with E-state index in [9.17, 15) is 4.39 Å². The number of rotatable bonds is 3. The van der Waals surface area contributed by atoms with Crippen LogP contribution in [0.1, 0.15) is 32.6 Å². The van der Waals surface area contributed by atoms with Gasteiger partial charge >= 0.3 is 0 Å². The van der Waals surface area contributed by atoms with Crippen molar-refractivity contribution in [3.05, 3.63) is 28.5 Å². The Labute approximate surface area is 116 Å². The van der Waals surface area contributed by atoms with Gasteiger partial charge in [0, 0.05) is 17.8 Å². The van der Waals surface area contributed by atoms with Gasteiger partial charge in [-0.2, -0.15) is 0 Å². The first-order valence-electron chi connectivity index (χ1n) is 6.48. The van der Waals surface area contributed by atoms with E-state index in [0.717, 1.165) is 24.4 Å². The number of anilines is 1. The highest BCUT2D eigenvalue weighted by atomic mass is 79.9. The maximum absolute atomic E-state index is 13.2. The molecule has 1 aromatic carbocycles. The van der Waals surface area contributed by atoms with E-state index in [0.29, 0.717) is 11.0 Å². The fraction of sp³-hybridized carbons (Fsp3) is 0.571. The summed E-state index contributed by atoms with van der Waals surface area (Å²) in [4.78, 5) is 0. The molecular formula is C14H20BrFN2. The zero-order chi connectivity index (χ0) is 13.2. The third-order valence-electron chi connectivity index (χ3n) is 3.95. The summed E-state index contributed by atoms with van der Waals surface area (Å²) in [6, 6.07) is 5.03. The Morgan fingerprint density at radius 2 is 2.11 bits per heavy atom. The van der Waals surface area contributed by atoms with Gasteiger partial charge in [-0.25, -0.2) is 4.39 Å². The van der Waals surface area contributed by atoms with Crippen LogP contribution in [0, 0.1) is 11.7 Å². The normalized spacial score (nSPS) is 28.1. The van der Waals surface area contributed by atoms with Crippen LogP contribution in [0.15, 0.2) is 22.7 Å². The Balaban J connectivity index is 2.12. The molecule has 4 heteroatoms. The van der Waals surface area contributed by atoms with E-state index in [4.69, 9.17) is 5.73 Å². The molecule has 1 aromatic rings. The van der Waals surface area contributed by atoms with Crippen molar-refractivity contribution in [3.8, 4) is 0 Å². The van der Waals surface area contributed by atoms with Crippen LogP contribution in [-0.4, -0.2) is 12.1 Å². The predicted molar refractivity (Wildman–Crippen MR) is 77.1 cm³/mol. The van der Waals surface area contributed by atoms with E-state index in [1.807, 2.05) is 0 Å². The summed E-state index contributed by atoms with van der Waals surface area (Å²) in [5.74, 6) is 0.547. The van der Waals surface area contributed by atoms with Crippen molar-refractivity contribution in [1.29, 1.82) is 0 Å². The van der Waals surface area contributed by atoms with Gasteiger partial charge in [-0.15, -0.1) is 0 Å². The molecule has 3 N–H and O–H groups in total. The molecule has 0 radical (unpaired) electrons. The highest BCUT2D eigenvalue weighted by molar-refractivity contribution is 9.10. The largest absolute Gasteiger partial charge is 0.378 e. The van der Waals surface area contributed by atoms with Crippen LogP contribution in [0.25, 0.3) is 0 Å². The average molecular weight is 315 g/mol. The van der Waals surface area contributed by atoms with Gasteiger partial charge in [0.2, 0.25) is 0 Å². The molecule has 18 heavy (non-hydrogen) atoms. The fourth-order valence-corrected chi connectivity index (χ4v) is 2.95. The van der Waals surface area contributed by atoms with Crippen LogP contribution in [-0.2, 0) is 0 Å². The number of halogens is 2. The topological polar surface area (TPSA) is 38.0 Å². The van der Waals surface area contributed by atoms with E-state index in [-0.39, 0.29) is 11.4 Å². The average Bonchev–Trinajstić information content (AvgIpc) is 2.37. The van der Waals surface area contributed by atoms with Crippen LogP contribution in [0.3, 0.4) is 0 Å². The van der Waals surface area contributed by atoms with Crippen molar-refractivity contribution in [1.82, 2.24) is 0 Å². The molecule has 2 rings (SSSR count). The van der Waals surface area contributed by atoms with Gasteiger partial charge in [-0.1, -0.05) is 6.92 Å². The van der Waals surface area contributed by atoms with Gasteiger partial charge in [-0.3, -0.25) is 0 Å². The Morgan fingerprint density at radius 3 is 2.67 bits per heavy atom. The lowest BCUT2D eigenvalue weighted by molar-refractivity contribution is 0.272. The molecule has 2 nitrogen and oxygen atoms in total. The van der Waals surface area contributed by atoms with Crippen LogP contribution in [0.5, 0.6) is 0 Å². The summed E-state index contributed by atoms with van der Waals surface area (Å²) in [6.45, 7) is 2.91. The predicted octanol–water partition coefficient (Wildman–Crippen LogP) is 3.91. The molecule has 0 unspecified atom stereocenters. The minimum absolute atomic E-state index is 0.0240. The molecule has 100 valence electrons. The van der Waals surface area contributed by atoms with Crippen molar-refractivity contribution < 1.29 is 4.39 Å². The van der Waals surface area contributed by atoms with Crippen LogP contribution >= 0.6 is 15.9 Å². The van der Waals surface area contributed by atoms with E-state index in [1.165, 1.54) is 18.9 Å². The highest BCUT2D eigenvalue weighted by Crippen LogP contribution is 2.34. The maximum Gasteiger partial charge on any atom is 0.137 e. The molecule has 0 bridgehead atoms. The zero-order valence-corrected chi connectivity index (χ0v) is 12.3. The van der Waals surface area contributed by atoms with E-state index in [1.54, 1.807) is 12.1 Å². The Hall–Kier alpha value is -0.610. The molecule has 1 fully saturated rings. The first-order valence-corrected chi connectivity index (χ1v) is 7.27. The summed E-state index contributed by atoms with van der Waals surface area (Å²) >= 11 is 3.21. The molecule has 1 aliphatic carbocycles. The van der Waals surface area contributed by atoms with Gasteiger partial charge in [0.15, 0.2) is 0 Å². The Morgan fingerprint density at radius 1 is 1.44 bits per heavy atom. The van der Waals surface area contributed by atoms with Gasteiger partial charge < -0.3 is 11.1 Å². The molecule has 0 aromatic heterocycles. The summed E-state index contributed by atoms with van der Waals surface area (Å²) < 4.78 is 13.7. The van der Waals surface area contributed by atoms with E-state index < -0.39 is 0 Å². The fourth-order valence-electron chi connectivity index (χ4n) is 2.57. The van der Waals surface area contributed by atoms with Crippen molar-refractivity contribution in [2.45, 2.75) is 38.1 Å². The van der Waals surface area contributed by atoms with Crippen LogP contribution in [0.4, 0.5) is 10.1 Å². The first kappa shape index (κ1) is 13.8. The van der Waals surface area contributed by atoms with Gasteiger partial charge in [0.05, 0.1) is 4.47 Å². The highest BCUT2D eigenvalue weighted by Gasteiger charge is 2.32. The van der Waals surface area contributed by atoms with E-state index >= 15 is 0 Å². The number of hydrogen-bond donors (Lipinski definition) is 2. The smallest absolute Gasteiger partial charge is 0.137 e. The second-order valence-corrected chi connectivity index (χ2v) is 6.28. The third kappa shape index (κ3) is 3.04. The SMILES string of the molecule is CC1CCC(CN)(Nc2ccc(F)c(Br)c2)CC1. The molecule has 0 atom stereocenters. The minimum atomic E-state index is -0.236. The van der Waals surface area contributed by atoms with E-state index in [2.05, 4.69) is 28.2 Å². The molecular weight excluding hydrogens is 295 g/mol. The van der Waals surface area contributed by atoms with Gasteiger partial charge in [-0.05, 0) is 65.7 Å². The number of nitrogens with one attached hydrogen (secondary N) is 1. The molecule has 0 heterocycles. The van der Waals surface area contributed by atoms with Crippen LogP contribution in [0.2, 0.25) is 0 Å². The summed E-state index contributed by atoms with van der Waals surface area (Å²) in [5, 5.41) is 3.51. The summed E-state index contributed by atoms with van der Waals surface area (Å²) in [6.07, 6.45) is 4.57. The lowest BCUT2D eigenvalue weighted by Gasteiger charge is -2.40. The standard InChI is InChI=1S/C14H20BrFN2/c1-10-4-6-14(9-17,7-5-10)18-11-2-3-13(16)12(15)8-11/h2-3,8,10,18H,4-7,9,17H2,1H3. The van der Waals surface area contributed by atoms with Gasteiger partial charge in [0.1, 0.15) is 5.82 Å². The Kier molecular flexibility index (Phi) is 4.28. The minimum Gasteiger partial charge on any atom is -0.378 e. The summed E-state index contributed by atoms with van der Waals surface area (Å²) in [7, 11) is 0. The number of benzene rings is 1. The molecule has 0 aliphatic heterocycles. The van der Waals surface area contributed by atoms with Gasteiger partial charge in [0.25, 0.3) is 0 Å². The van der Waals surface area contributed by atoms with Crippen molar-refractivity contribution >= 4 is 21.6 Å². The second kappa shape index (κ2) is 5.57. The number of hydrogen-bond acceptors (Lipinski definition) is 2. The lowest BCUT2D eigenvalue weighted by Crippen LogP contribution is -2.48. The molecule has 1 saturated carbocycles. The first-order chi connectivity index (χ1) is 8.54. The maximum atomic E-state index is 13.2. The molecule has 1 aliphatic rings.